The molecule has 0 aliphatic rings. The van der Waals surface area contributed by atoms with Gasteiger partial charge >= 0.3 is 5.97 Å². The SMILES string of the molecule is COc1ccc(CNC(=O)COC(=O)/C=C/c2cccc(OC)c2OC)cc1. The minimum absolute atomic E-state index is 0.331. The molecule has 0 heterocycles. The van der Waals surface area contributed by atoms with Crippen LogP contribution in [0.25, 0.3) is 6.08 Å². The molecule has 7 nitrogen and oxygen atoms in total. The Morgan fingerprint density at radius 2 is 1.71 bits per heavy atom. The lowest BCUT2D eigenvalue weighted by Gasteiger charge is -2.09. The molecule has 0 spiro atoms. The molecule has 1 N–H and O–H groups in total. The number of nitrogens with one attached hydrogen (secondary N) is 1. The minimum atomic E-state index is -0.635. The van der Waals surface area contributed by atoms with Gasteiger partial charge in [0.25, 0.3) is 5.91 Å². The van der Waals surface area contributed by atoms with Crippen molar-refractivity contribution in [1.82, 2.24) is 5.32 Å². The van der Waals surface area contributed by atoms with Gasteiger partial charge in [-0.1, -0.05) is 24.3 Å². The van der Waals surface area contributed by atoms with Gasteiger partial charge in [-0.15, -0.1) is 0 Å². The van der Waals surface area contributed by atoms with Gasteiger partial charge in [0.1, 0.15) is 5.75 Å². The molecule has 0 atom stereocenters. The number of hydrogen-bond donors (Lipinski definition) is 1. The van der Waals surface area contributed by atoms with Crippen LogP contribution in [0.4, 0.5) is 0 Å². The molecule has 2 aromatic carbocycles. The molecule has 7 heteroatoms. The third-order valence-corrected chi connectivity index (χ3v) is 3.83. The Bertz CT molecular complexity index is 829. The van der Waals surface area contributed by atoms with Crippen molar-refractivity contribution in [2.75, 3.05) is 27.9 Å². The Morgan fingerprint density at radius 1 is 0.964 bits per heavy atom. The van der Waals surface area contributed by atoms with E-state index >= 15 is 0 Å². The number of amides is 1. The predicted molar refractivity (Wildman–Crippen MR) is 104 cm³/mol. The number of benzene rings is 2. The Labute approximate surface area is 163 Å². The predicted octanol–water partition coefficient (Wildman–Crippen LogP) is 2.59. The van der Waals surface area contributed by atoms with Crippen LogP contribution in [0, 0.1) is 0 Å². The van der Waals surface area contributed by atoms with E-state index in [1.807, 2.05) is 12.1 Å². The van der Waals surface area contributed by atoms with Crippen molar-refractivity contribution in [2.24, 2.45) is 0 Å². The first kappa shape index (κ1) is 20.8. The number of hydrogen-bond acceptors (Lipinski definition) is 6. The molecule has 0 unspecified atom stereocenters. The molecule has 0 radical (unpaired) electrons. The van der Waals surface area contributed by atoms with Gasteiger partial charge in [-0.3, -0.25) is 4.79 Å². The Balaban J connectivity index is 1.81. The molecule has 0 saturated carbocycles. The lowest BCUT2D eigenvalue weighted by atomic mass is 10.1. The van der Waals surface area contributed by atoms with Crippen molar-refractivity contribution >= 4 is 18.0 Å². The Hall–Kier alpha value is -3.48. The highest BCUT2D eigenvalue weighted by Crippen LogP contribution is 2.31. The highest BCUT2D eigenvalue weighted by atomic mass is 16.5. The quantitative estimate of drug-likeness (QED) is 0.528. The minimum Gasteiger partial charge on any atom is -0.497 e. The molecule has 0 bridgehead atoms. The van der Waals surface area contributed by atoms with Gasteiger partial charge < -0.3 is 24.3 Å². The van der Waals surface area contributed by atoms with Crippen molar-refractivity contribution in [1.29, 1.82) is 0 Å². The average Bonchev–Trinajstić information content (AvgIpc) is 2.74. The zero-order chi connectivity index (χ0) is 20.4. The van der Waals surface area contributed by atoms with Crippen molar-refractivity contribution in [3.05, 3.63) is 59.7 Å². The number of methoxy groups -OCH3 is 3. The second kappa shape index (κ2) is 10.6. The highest BCUT2D eigenvalue weighted by Gasteiger charge is 2.09. The first-order valence-corrected chi connectivity index (χ1v) is 8.52. The van der Waals surface area contributed by atoms with Crippen molar-refractivity contribution < 1.29 is 28.5 Å². The second-order valence-electron chi connectivity index (χ2n) is 5.65. The summed E-state index contributed by atoms with van der Waals surface area (Å²) in [7, 11) is 4.63. The molecular weight excluding hydrogens is 362 g/mol. The van der Waals surface area contributed by atoms with Crippen LogP contribution in [0.5, 0.6) is 17.2 Å². The monoisotopic (exact) mass is 385 g/mol. The molecule has 0 aromatic heterocycles. The van der Waals surface area contributed by atoms with Gasteiger partial charge in [-0.25, -0.2) is 4.79 Å². The maximum Gasteiger partial charge on any atom is 0.331 e. The first-order valence-electron chi connectivity index (χ1n) is 8.52. The summed E-state index contributed by atoms with van der Waals surface area (Å²) in [5.41, 5.74) is 1.56. The molecule has 0 aliphatic carbocycles. The number of esters is 1. The van der Waals surface area contributed by atoms with E-state index < -0.39 is 11.9 Å². The van der Waals surface area contributed by atoms with Gasteiger partial charge in [0.15, 0.2) is 18.1 Å². The van der Waals surface area contributed by atoms with E-state index in [0.29, 0.717) is 23.6 Å². The fourth-order valence-corrected chi connectivity index (χ4v) is 2.38. The van der Waals surface area contributed by atoms with Crippen LogP contribution < -0.4 is 19.5 Å². The molecule has 0 saturated heterocycles. The van der Waals surface area contributed by atoms with Gasteiger partial charge in [-0.2, -0.15) is 0 Å². The molecule has 28 heavy (non-hydrogen) atoms. The van der Waals surface area contributed by atoms with Gasteiger partial charge in [0.05, 0.1) is 21.3 Å². The van der Waals surface area contributed by atoms with Crippen LogP contribution >= 0.6 is 0 Å². The molecule has 148 valence electrons. The number of ether oxygens (including phenoxy) is 4. The zero-order valence-electron chi connectivity index (χ0n) is 16.1. The van der Waals surface area contributed by atoms with Crippen LogP contribution in [0.1, 0.15) is 11.1 Å². The molecular formula is C21H23NO6. The van der Waals surface area contributed by atoms with Crippen molar-refractivity contribution in [3.63, 3.8) is 0 Å². The van der Waals surface area contributed by atoms with E-state index in [2.05, 4.69) is 5.32 Å². The van der Waals surface area contributed by atoms with E-state index in [1.165, 1.54) is 20.3 Å². The molecule has 0 aliphatic heterocycles. The second-order valence-corrected chi connectivity index (χ2v) is 5.65. The summed E-state index contributed by atoms with van der Waals surface area (Å²) < 4.78 is 20.5. The molecule has 2 rings (SSSR count). The topological polar surface area (TPSA) is 83.1 Å². The smallest absolute Gasteiger partial charge is 0.331 e. The van der Waals surface area contributed by atoms with Crippen LogP contribution in [-0.2, 0) is 20.9 Å². The summed E-state index contributed by atoms with van der Waals surface area (Å²) in [4.78, 5) is 23.7. The summed E-state index contributed by atoms with van der Waals surface area (Å²) in [6.07, 6.45) is 2.77. The summed E-state index contributed by atoms with van der Waals surface area (Å²) in [5, 5.41) is 2.68. The number of carbonyl (C=O) groups excluding carboxylic acids is 2. The molecule has 2 aromatic rings. The Kier molecular flexibility index (Phi) is 7.90. The Morgan fingerprint density at radius 3 is 2.36 bits per heavy atom. The zero-order valence-corrected chi connectivity index (χ0v) is 16.1. The van der Waals surface area contributed by atoms with E-state index in [0.717, 1.165) is 11.3 Å². The largest absolute Gasteiger partial charge is 0.497 e. The van der Waals surface area contributed by atoms with Crippen molar-refractivity contribution in [2.45, 2.75) is 6.54 Å². The van der Waals surface area contributed by atoms with Gasteiger partial charge in [0, 0.05) is 18.2 Å². The summed E-state index contributed by atoms with van der Waals surface area (Å²) in [6, 6.07) is 12.6. The molecule has 0 fully saturated rings. The van der Waals surface area contributed by atoms with Crippen LogP contribution in [0.3, 0.4) is 0 Å². The fraction of sp³-hybridized carbons (Fsp3) is 0.238. The van der Waals surface area contributed by atoms with Gasteiger partial charge in [-0.05, 0) is 29.8 Å². The van der Waals surface area contributed by atoms with E-state index in [1.54, 1.807) is 43.5 Å². The number of para-hydroxylation sites is 1. The first-order chi connectivity index (χ1) is 13.6. The normalized spacial score (nSPS) is 10.4. The van der Waals surface area contributed by atoms with Crippen LogP contribution in [0.15, 0.2) is 48.5 Å². The maximum atomic E-state index is 11.8. The lowest BCUT2D eigenvalue weighted by molar-refractivity contribution is -0.143. The maximum absolute atomic E-state index is 11.8. The summed E-state index contributed by atoms with van der Waals surface area (Å²) >= 11 is 0. The van der Waals surface area contributed by atoms with Gasteiger partial charge in [0.2, 0.25) is 0 Å². The van der Waals surface area contributed by atoms with E-state index in [-0.39, 0.29) is 6.61 Å². The standard InChI is InChI=1S/C21H23NO6/c1-25-17-10-7-15(8-11-17)13-22-19(23)14-28-20(24)12-9-16-5-4-6-18(26-2)21(16)27-3/h4-12H,13-14H2,1-3H3,(H,22,23)/b12-9+. The summed E-state index contributed by atoms with van der Waals surface area (Å²) in [6.45, 7) is -0.0359. The van der Waals surface area contributed by atoms with Crippen molar-refractivity contribution in [3.8, 4) is 17.2 Å². The number of rotatable bonds is 9. The van der Waals surface area contributed by atoms with E-state index in [9.17, 15) is 9.59 Å². The fourth-order valence-electron chi connectivity index (χ4n) is 2.38. The third-order valence-electron chi connectivity index (χ3n) is 3.83. The average molecular weight is 385 g/mol. The van der Waals surface area contributed by atoms with Crippen LogP contribution in [-0.4, -0.2) is 39.8 Å². The molecule has 1 amide bonds. The van der Waals surface area contributed by atoms with E-state index in [4.69, 9.17) is 18.9 Å². The highest BCUT2D eigenvalue weighted by molar-refractivity contribution is 5.89. The van der Waals surface area contributed by atoms with Crippen LogP contribution in [0.2, 0.25) is 0 Å². The number of carbonyl (C=O) groups is 2. The lowest BCUT2D eigenvalue weighted by Crippen LogP contribution is -2.28. The third kappa shape index (κ3) is 6.05. The summed E-state index contributed by atoms with van der Waals surface area (Å²) in [5.74, 6) is 0.770.